The van der Waals surface area contributed by atoms with Crippen LogP contribution in [0.15, 0.2) is 36.5 Å². The fourth-order valence-corrected chi connectivity index (χ4v) is 1.88. The van der Waals surface area contributed by atoms with Gasteiger partial charge >= 0.3 is 0 Å². The summed E-state index contributed by atoms with van der Waals surface area (Å²) >= 11 is 0. The number of carbonyl (C=O) groups excluding carboxylic acids is 1. The lowest BCUT2D eigenvalue weighted by molar-refractivity contribution is 0.0952. The number of hydrogen-bond acceptors (Lipinski definition) is 4. The zero-order chi connectivity index (χ0) is 15.1. The molecule has 0 aliphatic carbocycles. The van der Waals surface area contributed by atoms with Crippen molar-refractivity contribution in [2.75, 3.05) is 18.5 Å². The molecule has 0 fully saturated rings. The van der Waals surface area contributed by atoms with Crippen LogP contribution in [-0.4, -0.2) is 33.9 Å². The van der Waals surface area contributed by atoms with Crippen LogP contribution in [0.3, 0.4) is 0 Å². The number of aliphatic hydroxyl groups is 1. The molecule has 0 atom stereocenters. The molecule has 1 heterocycles. The lowest BCUT2D eigenvalue weighted by Crippen LogP contribution is -2.24. The maximum absolute atomic E-state index is 11.9. The first kappa shape index (κ1) is 15.1. The quantitative estimate of drug-likeness (QED) is 0.677. The van der Waals surface area contributed by atoms with E-state index in [4.69, 9.17) is 5.11 Å². The first-order valence-electron chi connectivity index (χ1n) is 6.95. The Morgan fingerprint density at radius 3 is 2.62 bits per heavy atom. The second-order valence-electron chi connectivity index (χ2n) is 4.76. The topological polar surface area (TPSA) is 79.2 Å². The van der Waals surface area contributed by atoms with Crippen molar-refractivity contribution < 1.29 is 9.90 Å². The highest BCUT2D eigenvalue weighted by molar-refractivity contribution is 5.94. The number of aryl methyl sites for hydroxylation is 1. The van der Waals surface area contributed by atoms with Gasteiger partial charge in [0.15, 0.2) is 5.82 Å². The molecule has 2 rings (SSSR count). The molecule has 0 aliphatic heterocycles. The zero-order valence-electron chi connectivity index (χ0n) is 12.0. The van der Waals surface area contributed by atoms with Crippen LogP contribution >= 0.6 is 0 Å². The molecular weight excluding hydrogens is 268 g/mol. The summed E-state index contributed by atoms with van der Waals surface area (Å²) in [6.07, 6.45) is 3.34. The Labute approximate surface area is 123 Å². The van der Waals surface area contributed by atoms with E-state index < -0.39 is 0 Å². The number of nitrogens with zero attached hydrogens (tertiary/aromatic N) is 2. The number of anilines is 2. The Morgan fingerprint density at radius 2 is 2.00 bits per heavy atom. The highest BCUT2D eigenvalue weighted by Crippen LogP contribution is 2.15. The molecule has 1 aromatic carbocycles. The van der Waals surface area contributed by atoms with Crippen LogP contribution in [0.2, 0.25) is 0 Å². The van der Waals surface area contributed by atoms with E-state index in [0.717, 1.165) is 17.9 Å². The van der Waals surface area contributed by atoms with Crippen molar-refractivity contribution in [1.29, 1.82) is 0 Å². The molecule has 1 amide bonds. The third-order valence-corrected chi connectivity index (χ3v) is 3.00. The smallest absolute Gasteiger partial charge is 0.251 e. The molecule has 21 heavy (non-hydrogen) atoms. The van der Waals surface area contributed by atoms with E-state index in [1.165, 1.54) is 0 Å². The van der Waals surface area contributed by atoms with E-state index in [1.807, 2.05) is 31.4 Å². The number of nitrogens with one attached hydrogen (secondary N) is 2. The molecule has 0 bridgehead atoms. The molecule has 6 nitrogen and oxygen atoms in total. The van der Waals surface area contributed by atoms with E-state index in [9.17, 15) is 4.79 Å². The third kappa shape index (κ3) is 4.61. The summed E-state index contributed by atoms with van der Waals surface area (Å²) in [5.74, 6) is 0.663. The van der Waals surface area contributed by atoms with Crippen molar-refractivity contribution in [3.05, 3.63) is 42.1 Å². The highest BCUT2D eigenvalue weighted by atomic mass is 16.2. The van der Waals surface area contributed by atoms with Gasteiger partial charge in [-0.15, -0.1) is 0 Å². The molecule has 112 valence electrons. The maximum Gasteiger partial charge on any atom is 0.251 e. The predicted octanol–water partition coefficient (Wildman–Crippen LogP) is 1.67. The summed E-state index contributed by atoms with van der Waals surface area (Å²) in [5.41, 5.74) is 1.50. The Morgan fingerprint density at radius 1 is 1.24 bits per heavy atom. The standard InChI is InChI=1S/C15H20N4O2/c1-19-10-8-14(18-19)17-13-6-4-12(5-7-13)15(21)16-9-2-3-11-20/h4-8,10,20H,2-3,9,11H2,1H3,(H,16,21)(H,17,18). The Balaban J connectivity index is 1.87. The van der Waals surface area contributed by atoms with Gasteiger partial charge in [0.1, 0.15) is 0 Å². The average Bonchev–Trinajstić information content (AvgIpc) is 2.89. The lowest BCUT2D eigenvalue weighted by Gasteiger charge is -2.06. The molecule has 3 N–H and O–H groups in total. The molecule has 0 radical (unpaired) electrons. The molecule has 0 aliphatic rings. The number of aromatic nitrogens is 2. The van der Waals surface area contributed by atoms with Gasteiger partial charge in [0, 0.05) is 43.7 Å². The summed E-state index contributed by atoms with van der Waals surface area (Å²) in [6.45, 7) is 0.733. The van der Waals surface area contributed by atoms with Crippen LogP contribution in [0.5, 0.6) is 0 Å². The van der Waals surface area contributed by atoms with Gasteiger partial charge in [-0.05, 0) is 37.1 Å². The van der Waals surface area contributed by atoms with E-state index in [-0.39, 0.29) is 12.5 Å². The number of carbonyl (C=O) groups is 1. The number of amides is 1. The van der Waals surface area contributed by atoms with Crippen LogP contribution in [0.1, 0.15) is 23.2 Å². The van der Waals surface area contributed by atoms with E-state index in [1.54, 1.807) is 16.8 Å². The summed E-state index contributed by atoms with van der Waals surface area (Å²) in [4.78, 5) is 11.9. The SMILES string of the molecule is Cn1ccc(Nc2ccc(C(=O)NCCCCO)cc2)n1. The fourth-order valence-electron chi connectivity index (χ4n) is 1.88. The fraction of sp³-hybridized carbons (Fsp3) is 0.333. The largest absolute Gasteiger partial charge is 0.396 e. The molecule has 0 unspecified atom stereocenters. The number of rotatable bonds is 7. The maximum atomic E-state index is 11.9. The van der Waals surface area contributed by atoms with Gasteiger partial charge in [0.25, 0.3) is 5.91 Å². The van der Waals surface area contributed by atoms with Crippen LogP contribution in [0.4, 0.5) is 11.5 Å². The van der Waals surface area contributed by atoms with Crippen LogP contribution in [-0.2, 0) is 7.05 Å². The van der Waals surface area contributed by atoms with Crippen molar-refractivity contribution in [3.8, 4) is 0 Å². The minimum atomic E-state index is -0.0997. The van der Waals surface area contributed by atoms with Crippen molar-refractivity contribution in [2.24, 2.45) is 7.05 Å². The summed E-state index contributed by atoms with van der Waals surface area (Å²) in [7, 11) is 1.86. The summed E-state index contributed by atoms with van der Waals surface area (Å²) < 4.78 is 1.72. The number of unbranched alkanes of at least 4 members (excludes halogenated alkanes) is 1. The van der Waals surface area contributed by atoms with Crippen LogP contribution < -0.4 is 10.6 Å². The Hall–Kier alpha value is -2.34. The molecule has 0 saturated carbocycles. The van der Waals surface area contributed by atoms with E-state index in [2.05, 4.69) is 15.7 Å². The van der Waals surface area contributed by atoms with Crippen molar-refractivity contribution in [2.45, 2.75) is 12.8 Å². The predicted molar refractivity (Wildman–Crippen MR) is 81.6 cm³/mol. The third-order valence-electron chi connectivity index (χ3n) is 3.00. The normalized spacial score (nSPS) is 10.4. The first-order valence-corrected chi connectivity index (χ1v) is 6.95. The Kier molecular flexibility index (Phi) is 5.34. The lowest BCUT2D eigenvalue weighted by atomic mass is 10.2. The minimum absolute atomic E-state index is 0.0997. The highest BCUT2D eigenvalue weighted by Gasteiger charge is 2.05. The van der Waals surface area contributed by atoms with Gasteiger partial charge in [-0.1, -0.05) is 0 Å². The van der Waals surface area contributed by atoms with Gasteiger partial charge in [-0.2, -0.15) is 5.10 Å². The van der Waals surface area contributed by atoms with E-state index in [0.29, 0.717) is 18.5 Å². The second kappa shape index (κ2) is 7.44. The van der Waals surface area contributed by atoms with Crippen LogP contribution in [0.25, 0.3) is 0 Å². The number of benzene rings is 1. The Bertz CT molecular complexity index is 578. The van der Waals surface area contributed by atoms with Gasteiger partial charge in [0.05, 0.1) is 0 Å². The van der Waals surface area contributed by atoms with Crippen molar-refractivity contribution in [1.82, 2.24) is 15.1 Å². The van der Waals surface area contributed by atoms with Gasteiger partial charge in [-0.25, -0.2) is 0 Å². The van der Waals surface area contributed by atoms with Crippen molar-refractivity contribution in [3.63, 3.8) is 0 Å². The van der Waals surface area contributed by atoms with Crippen molar-refractivity contribution >= 4 is 17.4 Å². The van der Waals surface area contributed by atoms with Crippen LogP contribution in [0, 0.1) is 0 Å². The molecular formula is C15H20N4O2. The average molecular weight is 288 g/mol. The molecule has 0 saturated heterocycles. The molecule has 1 aromatic heterocycles. The minimum Gasteiger partial charge on any atom is -0.396 e. The first-order chi connectivity index (χ1) is 10.2. The number of aliphatic hydroxyl groups excluding tert-OH is 1. The van der Waals surface area contributed by atoms with Gasteiger partial charge in [-0.3, -0.25) is 9.48 Å². The zero-order valence-corrected chi connectivity index (χ0v) is 12.0. The molecule has 2 aromatic rings. The van der Waals surface area contributed by atoms with Gasteiger partial charge in [0.2, 0.25) is 0 Å². The summed E-state index contributed by atoms with van der Waals surface area (Å²) in [5, 5.41) is 18.9. The van der Waals surface area contributed by atoms with E-state index >= 15 is 0 Å². The summed E-state index contributed by atoms with van der Waals surface area (Å²) in [6, 6.07) is 9.11. The number of hydrogen-bond donors (Lipinski definition) is 3. The second-order valence-corrected chi connectivity index (χ2v) is 4.76. The molecule has 0 spiro atoms. The molecule has 6 heteroatoms. The van der Waals surface area contributed by atoms with Gasteiger partial charge < -0.3 is 15.7 Å². The monoisotopic (exact) mass is 288 g/mol.